The van der Waals surface area contributed by atoms with Gasteiger partial charge in [-0.2, -0.15) is 0 Å². The smallest absolute Gasteiger partial charge is 0.336 e. The predicted molar refractivity (Wildman–Crippen MR) is 119 cm³/mol. The largest absolute Gasteiger partial charge is 0.478 e. The van der Waals surface area contributed by atoms with E-state index < -0.39 is 41.2 Å². The van der Waals surface area contributed by atoms with Gasteiger partial charge in [0.05, 0.1) is 16.2 Å². The van der Waals surface area contributed by atoms with Crippen LogP contribution in [0.2, 0.25) is 0 Å². The van der Waals surface area contributed by atoms with E-state index in [0.717, 1.165) is 12.1 Å². The Labute approximate surface area is 194 Å². The van der Waals surface area contributed by atoms with Crippen LogP contribution >= 0.6 is 11.8 Å². The van der Waals surface area contributed by atoms with Gasteiger partial charge in [-0.3, -0.25) is 19.3 Å². The Balaban J connectivity index is 1.48. The molecule has 34 heavy (non-hydrogen) atoms. The van der Waals surface area contributed by atoms with Crippen molar-refractivity contribution in [3.63, 3.8) is 0 Å². The zero-order valence-corrected chi connectivity index (χ0v) is 17.9. The molecule has 1 aliphatic heterocycles. The number of carboxylic acid groups (broad SMARTS) is 1. The number of carbonyl (C=O) groups is 4. The van der Waals surface area contributed by atoms with Gasteiger partial charge in [-0.1, -0.05) is 18.2 Å². The molecule has 172 valence electrons. The Morgan fingerprint density at radius 2 is 1.85 bits per heavy atom. The highest BCUT2D eigenvalue weighted by Crippen LogP contribution is 2.34. The Hall–Kier alpha value is -4.25. The molecule has 0 aliphatic carbocycles. The van der Waals surface area contributed by atoms with Crippen LogP contribution < -0.4 is 5.32 Å². The zero-order valence-electron chi connectivity index (χ0n) is 17.1. The average molecular weight is 484 g/mol. The number of anilines is 1. The van der Waals surface area contributed by atoms with Gasteiger partial charge in [0, 0.05) is 17.7 Å². The summed E-state index contributed by atoms with van der Waals surface area (Å²) in [4.78, 5) is 49.2. The summed E-state index contributed by atoms with van der Waals surface area (Å²) in [5.74, 6) is -4.11. The number of carboxylic acids is 1. The fraction of sp³-hybridized carbons (Fsp3) is 0.0435. The lowest BCUT2D eigenvalue weighted by atomic mass is 10.1. The van der Waals surface area contributed by atoms with Crippen molar-refractivity contribution in [1.29, 1.82) is 0 Å². The number of amides is 3. The van der Waals surface area contributed by atoms with E-state index in [9.17, 15) is 33.1 Å². The number of furan rings is 1. The fourth-order valence-electron chi connectivity index (χ4n) is 3.15. The molecule has 0 unspecified atom stereocenters. The van der Waals surface area contributed by atoms with Gasteiger partial charge in [0.2, 0.25) is 5.91 Å². The first kappa shape index (κ1) is 22.9. The fourth-order valence-corrected chi connectivity index (χ4v) is 3.97. The van der Waals surface area contributed by atoms with Crippen LogP contribution in [0.15, 0.2) is 63.9 Å². The van der Waals surface area contributed by atoms with E-state index in [-0.39, 0.29) is 27.7 Å². The summed E-state index contributed by atoms with van der Waals surface area (Å²) in [5, 5.41) is 10.8. The molecule has 8 nitrogen and oxygen atoms in total. The molecule has 0 saturated carbocycles. The van der Waals surface area contributed by atoms with Crippen LogP contribution in [0.3, 0.4) is 0 Å². The number of imide groups is 1. The highest BCUT2D eigenvalue weighted by molar-refractivity contribution is 8.18. The first-order valence-corrected chi connectivity index (χ1v) is 10.5. The molecule has 1 aliphatic rings. The maximum absolute atomic E-state index is 13.7. The summed E-state index contributed by atoms with van der Waals surface area (Å²) in [6.45, 7) is -0.672. The zero-order chi connectivity index (χ0) is 24.4. The lowest BCUT2D eigenvalue weighted by Crippen LogP contribution is -2.36. The van der Waals surface area contributed by atoms with Gasteiger partial charge >= 0.3 is 5.97 Å². The van der Waals surface area contributed by atoms with E-state index in [2.05, 4.69) is 5.32 Å². The molecule has 0 bridgehead atoms. The second-order valence-electron chi connectivity index (χ2n) is 6.99. The summed E-state index contributed by atoms with van der Waals surface area (Å²) in [6.07, 6.45) is 1.30. The van der Waals surface area contributed by atoms with Gasteiger partial charge < -0.3 is 14.8 Å². The highest BCUT2D eigenvalue weighted by Gasteiger charge is 2.36. The summed E-state index contributed by atoms with van der Waals surface area (Å²) in [5.41, 5.74) is 0.0819. The Morgan fingerprint density at radius 3 is 2.59 bits per heavy atom. The monoisotopic (exact) mass is 484 g/mol. The van der Waals surface area contributed by atoms with Crippen LogP contribution in [0.25, 0.3) is 17.4 Å². The molecular weight excluding hydrogens is 470 g/mol. The van der Waals surface area contributed by atoms with Crippen LogP contribution in [0, 0.1) is 11.6 Å². The second kappa shape index (κ2) is 9.32. The molecule has 3 amide bonds. The van der Waals surface area contributed by atoms with E-state index in [1.165, 1.54) is 24.3 Å². The van der Waals surface area contributed by atoms with Crippen LogP contribution in [-0.2, 0) is 9.59 Å². The van der Waals surface area contributed by atoms with Crippen molar-refractivity contribution >= 4 is 46.5 Å². The molecule has 0 spiro atoms. The molecule has 4 rings (SSSR count). The summed E-state index contributed by atoms with van der Waals surface area (Å²) >= 11 is 0.584. The molecule has 0 radical (unpaired) electrons. The predicted octanol–water partition coefficient (Wildman–Crippen LogP) is 4.60. The Kier molecular flexibility index (Phi) is 6.28. The van der Waals surface area contributed by atoms with Gasteiger partial charge in [-0.15, -0.1) is 0 Å². The molecule has 2 N–H and O–H groups in total. The van der Waals surface area contributed by atoms with E-state index in [1.807, 2.05) is 0 Å². The number of benzene rings is 2. The number of hydrogen-bond donors (Lipinski definition) is 2. The third-order valence-corrected chi connectivity index (χ3v) is 5.61. The number of rotatable bonds is 6. The number of carbonyl (C=O) groups excluding carboxylic acids is 3. The molecule has 1 aromatic heterocycles. The quantitative estimate of drug-likeness (QED) is 0.491. The molecule has 0 atom stereocenters. The number of nitrogens with one attached hydrogen (secondary N) is 1. The van der Waals surface area contributed by atoms with Gasteiger partial charge in [0.25, 0.3) is 11.1 Å². The Bertz CT molecular complexity index is 1370. The van der Waals surface area contributed by atoms with Crippen molar-refractivity contribution in [3.05, 3.63) is 82.5 Å². The summed E-state index contributed by atoms with van der Waals surface area (Å²) < 4.78 is 32.4. The molecule has 11 heteroatoms. The second-order valence-corrected chi connectivity index (χ2v) is 7.99. The molecule has 2 aromatic carbocycles. The van der Waals surface area contributed by atoms with Crippen molar-refractivity contribution < 1.29 is 37.5 Å². The number of hydrogen-bond acceptors (Lipinski definition) is 6. The number of thioether (sulfide) groups is 1. The normalized spacial score (nSPS) is 14.6. The SMILES string of the molecule is O=C(CN1C(=O)S/C(=C\c2ccc(-c3ccccc3C(=O)O)o2)C1=O)Nc1ccc(F)cc1F. The molecule has 1 saturated heterocycles. The van der Waals surface area contributed by atoms with Crippen molar-refractivity contribution in [3.8, 4) is 11.3 Å². The van der Waals surface area contributed by atoms with Crippen LogP contribution in [0.4, 0.5) is 19.3 Å². The van der Waals surface area contributed by atoms with Gasteiger partial charge in [-0.05, 0) is 42.1 Å². The summed E-state index contributed by atoms with van der Waals surface area (Å²) in [6, 6.07) is 11.8. The van der Waals surface area contributed by atoms with Crippen molar-refractivity contribution in [2.75, 3.05) is 11.9 Å². The molecule has 2 heterocycles. The first-order valence-electron chi connectivity index (χ1n) is 9.65. The van der Waals surface area contributed by atoms with Crippen LogP contribution in [0.5, 0.6) is 0 Å². The minimum atomic E-state index is -1.13. The van der Waals surface area contributed by atoms with Crippen molar-refractivity contribution in [1.82, 2.24) is 4.90 Å². The molecule has 1 fully saturated rings. The molecular formula is C23H14F2N2O6S. The summed E-state index contributed by atoms with van der Waals surface area (Å²) in [7, 11) is 0. The number of aromatic carboxylic acids is 1. The van der Waals surface area contributed by atoms with E-state index >= 15 is 0 Å². The van der Waals surface area contributed by atoms with Crippen LogP contribution in [0.1, 0.15) is 16.1 Å². The Morgan fingerprint density at radius 1 is 1.09 bits per heavy atom. The van der Waals surface area contributed by atoms with Gasteiger partial charge in [-0.25, -0.2) is 13.6 Å². The minimum Gasteiger partial charge on any atom is -0.478 e. The van der Waals surface area contributed by atoms with Crippen LogP contribution in [-0.4, -0.2) is 39.6 Å². The third kappa shape index (κ3) is 4.74. The van der Waals surface area contributed by atoms with Gasteiger partial charge in [0.1, 0.15) is 29.7 Å². The lowest BCUT2D eigenvalue weighted by Gasteiger charge is -2.12. The maximum Gasteiger partial charge on any atom is 0.336 e. The number of nitrogens with zero attached hydrogens (tertiary/aromatic N) is 1. The third-order valence-electron chi connectivity index (χ3n) is 4.70. The number of halogens is 2. The topological polar surface area (TPSA) is 117 Å². The highest BCUT2D eigenvalue weighted by atomic mass is 32.2. The molecule has 3 aromatic rings. The van der Waals surface area contributed by atoms with E-state index in [1.54, 1.807) is 18.2 Å². The first-order chi connectivity index (χ1) is 16.2. The lowest BCUT2D eigenvalue weighted by molar-refractivity contribution is -0.127. The van der Waals surface area contributed by atoms with E-state index in [4.69, 9.17) is 4.42 Å². The maximum atomic E-state index is 13.7. The average Bonchev–Trinajstić information content (AvgIpc) is 3.36. The standard InChI is InChI=1S/C23H14F2N2O6S/c24-12-5-7-17(16(25)9-12)26-20(28)11-27-21(29)19(34-23(27)32)10-13-6-8-18(33-13)14-3-1-2-4-15(14)22(30)31/h1-10H,11H2,(H,26,28)(H,30,31)/b19-10-. The van der Waals surface area contributed by atoms with Crippen molar-refractivity contribution in [2.45, 2.75) is 0 Å². The van der Waals surface area contributed by atoms with Gasteiger partial charge in [0.15, 0.2) is 0 Å². The van der Waals surface area contributed by atoms with E-state index in [0.29, 0.717) is 28.3 Å². The minimum absolute atomic E-state index is 0.0156. The van der Waals surface area contributed by atoms with Crippen molar-refractivity contribution in [2.24, 2.45) is 0 Å².